The first-order valence-corrected chi connectivity index (χ1v) is 8.58. The summed E-state index contributed by atoms with van der Waals surface area (Å²) < 4.78 is 16.1. The number of benzene rings is 2. The summed E-state index contributed by atoms with van der Waals surface area (Å²) >= 11 is 15.0. The molecule has 0 saturated carbocycles. The molecular weight excluding hydrogens is 435 g/mol. The molecule has 5 nitrogen and oxygen atoms in total. The Hall–Kier alpha value is -1.76. The Morgan fingerprint density at radius 3 is 2.24 bits per heavy atom. The quantitative estimate of drug-likeness (QED) is 0.481. The fraction of sp³-hybridized carbons (Fsp3) is 0.176. The number of carbonyl (C=O) groups is 2. The number of esters is 2. The van der Waals surface area contributed by atoms with Crippen LogP contribution in [0, 0.1) is 0 Å². The van der Waals surface area contributed by atoms with Gasteiger partial charge in [0.25, 0.3) is 0 Å². The van der Waals surface area contributed by atoms with E-state index in [4.69, 9.17) is 32.7 Å². The molecule has 0 aliphatic carbocycles. The highest BCUT2D eigenvalue weighted by Gasteiger charge is 2.22. The van der Waals surface area contributed by atoms with Gasteiger partial charge in [0.1, 0.15) is 17.1 Å². The summed E-state index contributed by atoms with van der Waals surface area (Å²) in [5, 5.41) is 0.841. The van der Waals surface area contributed by atoms with E-state index in [-0.39, 0.29) is 11.3 Å². The van der Waals surface area contributed by atoms with E-state index in [9.17, 15) is 9.59 Å². The van der Waals surface area contributed by atoms with Crippen molar-refractivity contribution >= 4 is 51.1 Å². The Morgan fingerprint density at radius 2 is 1.64 bits per heavy atom. The van der Waals surface area contributed by atoms with Crippen molar-refractivity contribution in [1.82, 2.24) is 0 Å². The molecule has 0 aliphatic heterocycles. The largest absolute Gasteiger partial charge is 0.478 e. The summed E-state index contributed by atoms with van der Waals surface area (Å²) in [5.41, 5.74) is 0.0447. The van der Waals surface area contributed by atoms with Crippen LogP contribution in [-0.2, 0) is 9.53 Å². The second-order valence-electron chi connectivity index (χ2n) is 4.89. The minimum atomic E-state index is -0.932. The average Bonchev–Trinajstić information content (AvgIpc) is 2.58. The van der Waals surface area contributed by atoms with Crippen molar-refractivity contribution < 1.29 is 23.8 Å². The van der Waals surface area contributed by atoms with Crippen molar-refractivity contribution in [3.63, 3.8) is 0 Å². The zero-order chi connectivity index (χ0) is 18.6. The van der Waals surface area contributed by atoms with Crippen LogP contribution in [0.25, 0.3) is 0 Å². The molecule has 0 fully saturated rings. The third kappa shape index (κ3) is 5.11. The molecule has 8 heteroatoms. The van der Waals surface area contributed by atoms with Crippen LogP contribution in [-0.4, -0.2) is 25.2 Å². The Kier molecular flexibility index (Phi) is 6.70. The second-order valence-corrected chi connectivity index (χ2v) is 6.62. The van der Waals surface area contributed by atoms with Crippen LogP contribution in [0.2, 0.25) is 10.0 Å². The average molecular weight is 448 g/mol. The molecule has 1 atom stereocenters. The monoisotopic (exact) mass is 446 g/mol. The van der Waals surface area contributed by atoms with Gasteiger partial charge in [0, 0.05) is 10.0 Å². The zero-order valence-corrected chi connectivity index (χ0v) is 16.3. The predicted octanol–water partition coefficient (Wildman–Crippen LogP) is 4.92. The predicted molar refractivity (Wildman–Crippen MR) is 97.7 cm³/mol. The van der Waals surface area contributed by atoms with Gasteiger partial charge < -0.3 is 14.2 Å². The van der Waals surface area contributed by atoms with Gasteiger partial charge in [-0.25, -0.2) is 9.59 Å². The highest BCUT2D eigenvalue weighted by molar-refractivity contribution is 9.10. The maximum absolute atomic E-state index is 12.3. The molecule has 0 saturated heterocycles. The van der Waals surface area contributed by atoms with Crippen LogP contribution in [0.3, 0.4) is 0 Å². The van der Waals surface area contributed by atoms with Gasteiger partial charge in [-0.3, -0.25) is 0 Å². The first-order valence-electron chi connectivity index (χ1n) is 7.03. The third-order valence-electron chi connectivity index (χ3n) is 3.09. The van der Waals surface area contributed by atoms with Gasteiger partial charge in [0.2, 0.25) is 0 Å². The Labute approximate surface area is 162 Å². The van der Waals surface area contributed by atoms with E-state index < -0.39 is 18.0 Å². The van der Waals surface area contributed by atoms with Gasteiger partial charge >= 0.3 is 11.9 Å². The number of carbonyl (C=O) groups excluding carboxylic acids is 2. The van der Waals surface area contributed by atoms with Crippen molar-refractivity contribution in [2.75, 3.05) is 7.11 Å². The lowest BCUT2D eigenvalue weighted by atomic mass is 10.2. The molecule has 2 aromatic carbocycles. The van der Waals surface area contributed by atoms with E-state index in [1.807, 2.05) is 0 Å². The minimum Gasteiger partial charge on any atom is -0.478 e. The number of hydrogen-bond donors (Lipinski definition) is 0. The molecular formula is C17H13BrCl2O5. The van der Waals surface area contributed by atoms with Gasteiger partial charge in [-0.2, -0.15) is 0 Å². The third-order valence-corrected chi connectivity index (χ3v) is 4.18. The van der Waals surface area contributed by atoms with Crippen molar-refractivity contribution in [2.24, 2.45) is 0 Å². The van der Waals surface area contributed by atoms with Crippen molar-refractivity contribution in [3.05, 3.63) is 56.5 Å². The Balaban J connectivity index is 2.15. The van der Waals surface area contributed by atoms with Crippen molar-refractivity contribution in [2.45, 2.75) is 13.0 Å². The molecule has 0 aromatic heterocycles. The van der Waals surface area contributed by atoms with E-state index in [2.05, 4.69) is 20.7 Å². The second kappa shape index (κ2) is 8.56. The highest BCUT2D eigenvalue weighted by atomic mass is 79.9. The van der Waals surface area contributed by atoms with Crippen LogP contribution in [0.1, 0.15) is 17.3 Å². The van der Waals surface area contributed by atoms with Crippen molar-refractivity contribution in [3.8, 4) is 11.5 Å². The number of ether oxygens (including phenoxy) is 3. The van der Waals surface area contributed by atoms with Crippen LogP contribution in [0.5, 0.6) is 11.5 Å². The molecule has 2 aromatic rings. The molecule has 0 aliphatic rings. The van der Waals surface area contributed by atoms with E-state index in [0.717, 1.165) is 0 Å². The maximum atomic E-state index is 12.3. The first kappa shape index (κ1) is 19.6. The first-order chi connectivity index (χ1) is 11.8. The number of methoxy groups -OCH3 is 1. The standard InChI is InChI=1S/C17H13BrCl2O5/c1-9(24-15-6-4-11(20)8-13(15)18)16(21)25-14-5-3-10(19)7-12(14)17(22)23-2/h3-9H,1-2H3. The lowest BCUT2D eigenvalue weighted by molar-refractivity contribution is -0.141. The Morgan fingerprint density at radius 1 is 1.04 bits per heavy atom. The molecule has 0 bridgehead atoms. The molecule has 0 radical (unpaired) electrons. The minimum absolute atomic E-state index is 0.0341. The summed E-state index contributed by atoms with van der Waals surface area (Å²) in [7, 11) is 1.22. The summed E-state index contributed by atoms with van der Waals surface area (Å²) in [6.45, 7) is 1.52. The molecule has 0 amide bonds. The molecule has 0 N–H and O–H groups in total. The SMILES string of the molecule is COC(=O)c1cc(Cl)ccc1OC(=O)C(C)Oc1ccc(Cl)cc1Br. The van der Waals surface area contributed by atoms with E-state index in [1.165, 1.54) is 32.2 Å². The number of halogens is 3. The highest BCUT2D eigenvalue weighted by Crippen LogP contribution is 2.29. The molecule has 132 valence electrons. The molecule has 0 heterocycles. The van der Waals surface area contributed by atoms with Crippen LogP contribution in [0.4, 0.5) is 0 Å². The lowest BCUT2D eigenvalue weighted by Crippen LogP contribution is -2.29. The van der Waals surface area contributed by atoms with E-state index in [0.29, 0.717) is 20.3 Å². The fourth-order valence-corrected chi connectivity index (χ4v) is 2.81. The van der Waals surface area contributed by atoms with Crippen LogP contribution < -0.4 is 9.47 Å². The van der Waals surface area contributed by atoms with Crippen LogP contribution >= 0.6 is 39.1 Å². The van der Waals surface area contributed by atoms with Crippen LogP contribution in [0.15, 0.2) is 40.9 Å². The Bertz CT molecular complexity index is 810. The van der Waals surface area contributed by atoms with E-state index >= 15 is 0 Å². The fourth-order valence-electron chi connectivity index (χ4n) is 1.86. The van der Waals surface area contributed by atoms with Gasteiger partial charge in [-0.15, -0.1) is 0 Å². The number of hydrogen-bond acceptors (Lipinski definition) is 5. The lowest BCUT2D eigenvalue weighted by Gasteiger charge is -2.16. The van der Waals surface area contributed by atoms with Gasteiger partial charge in [0.05, 0.1) is 11.6 Å². The molecule has 0 spiro atoms. The maximum Gasteiger partial charge on any atom is 0.352 e. The molecule has 2 rings (SSSR count). The van der Waals surface area contributed by atoms with Gasteiger partial charge in [-0.1, -0.05) is 23.2 Å². The smallest absolute Gasteiger partial charge is 0.352 e. The van der Waals surface area contributed by atoms with E-state index in [1.54, 1.807) is 18.2 Å². The summed E-state index contributed by atoms with van der Waals surface area (Å²) in [6, 6.07) is 9.17. The van der Waals surface area contributed by atoms with Crippen molar-refractivity contribution in [1.29, 1.82) is 0 Å². The normalized spacial score (nSPS) is 11.6. The zero-order valence-electron chi connectivity index (χ0n) is 13.2. The number of rotatable bonds is 5. The molecule has 25 heavy (non-hydrogen) atoms. The summed E-state index contributed by atoms with van der Waals surface area (Å²) in [4.78, 5) is 24.1. The topological polar surface area (TPSA) is 61.8 Å². The van der Waals surface area contributed by atoms with Gasteiger partial charge in [0.15, 0.2) is 6.10 Å². The summed E-state index contributed by atoms with van der Waals surface area (Å²) in [6.07, 6.45) is -0.932. The summed E-state index contributed by atoms with van der Waals surface area (Å²) in [5.74, 6) is -0.890. The van der Waals surface area contributed by atoms with Gasteiger partial charge in [-0.05, 0) is 59.3 Å². The molecule has 1 unspecified atom stereocenters.